The molecule has 0 radical (unpaired) electrons. The minimum absolute atomic E-state index is 0.409. The smallest absolute Gasteiger partial charge is 0.300 e. The summed E-state index contributed by atoms with van der Waals surface area (Å²) < 4.78 is 40.1. The van der Waals surface area contributed by atoms with E-state index in [1.165, 1.54) is 6.07 Å². The molecule has 0 unspecified atom stereocenters. The Kier molecular flexibility index (Phi) is 3.21. The van der Waals surface area contributed by atoms with E-state index in [-0.39, 0.29) is 0 Å². The van der Waals surface area contributed by atoms with Crippen molar-refractivity contribution in [1.29, 1.82) is 0 Å². The van der Waals surface area contributed by atoms with Crippen LogP contribution in [0.3, 0.4) is 0 Å². The van der Waals surface area contributed by atoms with Crippen LogP contribution in [0.4, 0.5) is 13.2 Å². The van der Waals surface area contributed by atoms with E-state index in [2.05, 4.69) is 9.97 Å². The van der Waals surface area contributed by atoms with E-state index in [9.17, 15) is 13.2 Å². The average Bonchev–Trinajstić information content (AvgIpc) is 2.97. The molecule has 21 heavy (non-hydrogen) atoms. The van der Waals surface area contributed by atoms with Gasteiger partial charge in [-0.3, -0.25) is 9.55 Å². The van der Waals surface area contributed by atoms with Crippen LogP contribution in [-0.2, 0) is 6.18 Å². The molecule has 0 spiro atoms. The first kappa shape index (κ1) is 13.4. The second-order valence-electron chi connectivity index (χ2n) is 4.40. The maximum atomic E-state index is 12.8. The van der Waals surface area contributed by atoms with Crippen LogP contribution in [0.25, 0.3) is 17.1 Å². The van der Waals surface area contributed by atoms with E-state index in [1.807, 2.05) is 0 Å². The normalized spacial score (nSPS) is 11.6. The summed E-state index contributed by atoms with van der Waals surface area (Å²) in [5, 5.41) is 0. The van der Waals surface area contributed by atoms with E-state index in [0.717, 1.165) is 17.8 Å². The van der Waals surface area contributed by atoms with Crippen LogP contribution in [0.1, 0.15) is 5.56 Å². The Balaban J connectivity index is 2.09. The van der Waals surface area contributed by atoms with E-state index in [0.29, 0.717) is 11.4 Å². The summed E-state index contributed by atoms with van der Waals surface area (Å²) in [5.41, 5.74) is 0.505. The molecule has 0 saturated heterocycles. The molecule has 0 aliphatic heterocycles. The highest BCUT2D eigenvalue weighted by Gasteiger charge is 2.30. The van der Waals surface area contributed by atoms with Gasteiger partial charge in [-0.2, -0.15) is 13.2 Å². The van der Waals surface area contributed by atoms with Crippen LogP contribution < -0.4 is 0 Å². The van der Waals surface area contributed by atoms with E-state index < -0.39 is 11.7 Å². The van der Waals surface area contributed by atoms with Crippen molar-refractivity contribution in [2.75, 3.05) is 0 Å². The van der Waals surface area contributed by atoms with Crippen molar-refractivity contribution >= 4 is 0 Å². The summed E-state index contributed by atoms with van der Waals surface area (Å²) in [6.07, 6.45) is 2.11. The topological polar surface area (TPSA) is 30.7 Å². The van der Waals surface area contributed by atoms with Crippen molar-refractivity contribution in [3.05, 3.63) is 66.7 Å². The van der Waals surface area contributed by atoms with Crippen molar-refractivity contribution in [2.45, 2.75) is 6.18 Å². The van der Waals surface area contributed by atoms with Gasteiger partial charge in [0.2, 0.25) is 0 Å². The molecule has 0 N–H and O–H groups in total. The molecule has 3 nitrogen and oxygen atoms in total. The number of rotatable bonds is 2. The van der Waals surface area contributed by atoms with Gasteiger partial charge in [0.1, 0.15) is 5.82 Å². The fraction of sp³-hybridized carbons (Fsp3) is 0.0667. The van der Waals surface area contributed by atoms with Crippen LogP contribution in [-0.4, -0.2) is 14.5 Å². The summed E-state index contributed by atoms with van der Waals surface area (Å²) in [7, 11) is 0. The first-order valence-electron chi connectivity index (χ1n) is 6.17. The minimum Gasteiger partial charge on any atom is -0.300 e. The van der Waals surface area contributed by atoms with Gasteiger partial charge in [0.05, 0.1) is 11.3 Å². The van der Waals surface area contributed by atoms with E-state index in [4.69, 9.17) is 0 Å². The number of hydrogen-bond donors (Lipinski definition) is 0. The van der Waals surface area contributed by atoms with Crippen molar-refractivity contribution in [3.8, 4) is 17.1 Å². The van der Waals surface area contributed by atoms with Gasteiger partial charge in [0.25, 0.3) is 0 Å². The summed E-state index contributed by atoms with van der Waals surface area (Å²) in [5.74, 6) is 0.451. The second-order valence-corrected chi connectivity index (χ2v) is 4.40. The first-order chi connectivity index (χ1) is 10.1. The Morgan fingerprint density at radius 2 is 1.71 bits per heavy atom. The van der Waals surface area contributed by atoms with Gasteiger partial charge in [-0.15, -0.1) is 0 Å². The SMILES string of the molecule is FC(F)(F)c1cccc(-c2nccn2-c2ccncc2)c1. The van der Waals surface area contributed by atoms with Crippen LogP contribution in [0.2, 0.25) is 0 Å². The highest BCUT2D eigenvalue weighted by Crippen LogP contribution is 2.32. The lowest BCUT2D eigenvalue weighted by molar-refractivity contribution is -0.137. The highest BCUT2D eigenvalue weighted by atomic mass is 19.4. The molecule has 0 fully saturated rings. The molecule has 2 heterocycles. The Morgan fingerprint density at radius 3 is 2.43 bits per heavy atom. The number of hydrogen-bond acceptors (Lipinski definition) is 2. The van der Waals surface area contributed by atoms with Gasteiger partial charge >= 0.3 is 6.18 Å². The molecule has 1 aromatic carbocycles. The standard InChI is InChI=1S/C15H10F3N3/c16-15(17,18)12-3-1-2-11(10-12)14-20-8-9-21(14)13-4-6-19-7-5-13/h1-10H. The Bertz CT molecular complexity index is 748. The summed E-state index contributed by atoms with van der Waals surface area (Å²) >= 11 is 0. The van der Waals surface area contributed by atoms with Crippen molar-refractivity contribution < 1.29 is 13.2 Å². The predicted molar refractivity (Wildman–Crippen MR) is 71.8 cm³/mol. The van der Waals surface area contributed by atoms with Gasteiger partial charge in [-0.1, -0.05) is 12.1 Å². The molecule has 0 amide bonds. The lowest BCUT2D eigenvalue weighted by Crippen LogP contribution is -2.05. The molecular weight excluding hydrogens is 279 g/mol. The maximum absolute atomic E-state index is 12.8. The Morgan fingerprint density at radius 1 is 0.952 bits per heavy atom. The van der Waals surface area contributed by atoms with Crippen LogP contribution in [0.5, 0.6) is 0 Å². The molecule has 0 atom stereocenters. The molecular formula is C15H10F3N3. The molecule has 2 aromatic heterocycles. The largest absolute Gasteiger partial charge is 0.416 e. The summed E-state index contributed by atoms with van der Waals surface area (Å²) in [4.78, 5) is 8.08. The van der Waals surface area contributed by atoms with Crippen molar-refractivity contribution in [2.24, 2.45) is 0 Å². The fourth-order valence-corrected chi connectivity index (χ4v) is 2.06. The second kappa shape index (κ2) is 5.05. The molecule has 0 bridgehead atoms. The molecule has 106 valence electrons. The zero-order valence-corrected chi connectivity index (χ0v) is 10.7. The Hall–Kier alpha value is -2.63. The number of aromatic nitrogens is 3. The summed E-state index contributed by atoms with van der Waals surface area (Å²) in [6, 6.07) is 8.65. The van der Waals surface area contributed by atoms with E-state index >= 15 is 0 Å². The molecule has 0 saturated carbocycles. The third-order valence-corrected chi connectivity index (χ3v) is 3.03. The zero-order valence-electron chi connectivity index (χ0n) is 10.7. The van der Waals surface area contributed by atoms with Crippen molar-refractivity contribution in [3.63, 3.8) is 0 Å². The zero-order chi connectivity index (χ0) is 14.9. The van der Waals surface area contributed by atoms with Gasteiger partial charge in [0.15, 0.2) is 0 Å². The molecule has 3 aromatic rings. The van der Waals surface area contributed by atoms with Crippen molar-refractivity contribution in [1.82, 2.24) is 14.5 Å². The number of pyridine rings is 1. The molecule has 3 rings (SSSR count). The van der Waals surface area contributed by atoms with Gasteiger partial charge in [-0.25, -0.2) is 4.98 Å². The molecule has 0 aliphatic carbocycles. The number of halogens is 3. The number of imidazole rings is 1. The third kappa shape index (κ3) is 2.65. The monoisotopic (exact) mass is 289 g/mol. The summed E-state index contributed by atoms with van der Waals surface area (Å²) in [6.45, 7) is 0. The minimum atomic E-state index is -4.37. The van der Waals surface area contributed by atoms with Crippen LogP contribution in [0.15, 0.2) is 61.2 Å². The number of benzene rings is 1. The average molecular weight is 289 g/mol. The first-order valence-corrected chi connectivity index (χ1v) is 6.17. The fourth-order valence-electron chi connectivity index (χ4n) is 2.06. The van der Waals surface area contributed by atoms with Gasteiger partial charge in [-0.05, 0) is 24.3 Å². The van der Waals surface area contributed by atoms with Gasteiger partial charge in [0, 0.05) is 30.4 Å². The molecule has 6 heteroatoms. The maximum Gasteiger partial charge on any atom is 0.416 e. The van der Waals surface area contributed by atoms with E-state index in [1.54, 1.807) is 47.6 Å². The lowest BCUT2D eigenvalue weighted by Gasteiger charge is -2.10. The lowest BCUT2D eigenvalue weighted by atomic mass is 10.1. The molecule has 0 aliphatic rings. The Labute approximate surface area is 118 Å². The van der Waals surface area contributed by atoms with Gasteiger partial charge < -0.3 is 0 Å². The third-order valence-electron chi connectivity index (χ3n) is 3.03. The quantitative estimate of drug-likeness (QED) is 0.715. The highest BCUT2D eigenvalue weighted by molar-refractivity contribution is 5.59. The predicted octanol–water partition coefficient (Wildman–Crippen LogP) is 3.95. The van der Waals surface area contributed by atoms with Crippen LogP contribution >= 0.6 is 0 Å². The number of alkyl halides is 3. The van der Waals surface area contributed by atoms with Crippen LogP contribution in [0, 0.1) is 0 Å². The number of nitrogens with zero attached hydrogens (tertiary/aromatic N) is 3.